The maximum Gasteiger partial charge on any atom is 0.253 e. The predicted molar refractivity (Wildman–Crippen MR) is 168 cm³/mol. The van der Waals surface area contributed by atoms with Crippen LogP contribution < -0.4 is 9.64 Å². The van der Waals surface area contributed by atoms with Gasteiger partial charge in [0.1, 0.15) is 18.6 Å². The minimum absolute atomic E-state index is 0.117. The Bertz CT molecular complexity index is 1430. The molecule has 4 aliphatic rings. The molecule has 4 atom stereocenters. The number of hydrogen-bond donors (Lipinski definition) is 0. The smallest absolute Gasteiger partial charge is 0.253 e. The van der Waals surface area contributed by atoms with Crippen LogP contribution in [0.15, 0.2) is 41.8 Å². The number of benzene rings is 2. The Labute approximate surface area is 253 Å². The van der Waals surface area contributed by atoms with Gasteiger partial charge in [0.05, 0.1) is 5.69 Å². The molecule has 1 amide bonds. The molecule has 3 aromatic rings. The highest BCUT2D eigenvalue weighted by molar-refractivity contribution is 7.14. The number of carbonyl (C=O) groups is 2. The van der Waals surface area contributed by atoms with Gasteiger partial charge in [0.15, 0.2) is 5.13 Å². The summed E-state index contributed by atoms with van der Waals surface area (Å²) < 4.78 is 10.6. The number of amides is 1. The van der Waals surface area contributed by atoms with Crippen LogP contribution in [-0.4, -0.2) is 62.5 Å². The van der Waals surface area contributed by atoms with Gasteiger partial charge in [-0.3, -0.25) is 4.79 Å². The van der Waals surface area contributed by atoms with Crippen molar-refractivity contribution in [3.05, 3.63) is 64.0 Å². The number of ether oxygens (including phenoxy) is 2. The second-order valence-corrected chi connectivity index (χ2v) is 12.6. The second kappa shape index (κ2) is 12.6. The summed E-state index contributed by atoms with van der Waals surface area (Å²) in [6, 6.07) is 12.1. The Hall–Kier alpha value is -3.23. The van der Waals surface area contributed by atoms with E-state index < -0.39 is 0 Å². The molecule has 2 aromatic carbocycles. The maximum absolute atomic E-state index is 12.6. The molecule has 0 bridgehead atoms. The molecule has 2 aliphatic heterocycles. The quantitative estimate of drug-likeness (QED) is 0.297. The lowest BCUT2D eigenvalue weighted by Gasteiger charge is -2.34. The molecule has 4 unspecified atom stereocenters. The van der Waals surface area contributed by atoms with Crippen molar-refractivity contribution in [3.8, 4) is 17.0 Å². The minimum Gasteiger partial charge on any atom is -0.488 e. The molecule has 2 saturated carbocycles. The SMILES string of the molecule is CC.COC.Cc1ccc(OCc2ccc(C(=O)N3CCC3)cc2C)c(-c2csc(N3CC4C(C=O)C5CC45C3)n2)c1. The van der Waals surface area contributed by atoms with Crippen LogP contribution in [0.1, 0.15) is 53.7 Å². The van der Waals surface area contributed by atoms with Gasteiger partial charge in [-0.1, -0.05) is 31.5 Å². The third kappa shape index (κ3) is 5.47. The summed E-state index contributed by atoms with van der Waals surface area (Å²) >= 11 is 1.68. The monoisotopic (exact) mass is 589 g/mol. The van der Waals surface area contributed by atoms with Crippen molar-refractivity contribution < 1.29 is 19.1 Å². The van der Waals surface area contributed by atoms with Crippen LogP contribution in [0.5, 0.6) is 5.75 Å². The van der Waals surface area contributed by atoms with Gasteiger partial charge in [-0.25, -0.2) is 4.98 Å². The van der Waals surface area contributed by atoms with Crippen molar-refractivity contribution in [2.45, 2.75) is 47.1 Å². The molecule has 3 heterocycles. The van der Waals surface area contributed by atoms with Crippen molar-refractivity contribution in [1.82, 2.24) is 9.88 Å². The normalized spacial score (nSPS) is 24.5. The van der Waals surface area contributed by atoms with E-state index in [0.717, 1.165) is 77.0 Å². The van der Waals surface area contributed by atoms with Crippen molar-refractivity contribution in [2.75, 3.05) is 45.3 Å². The number of aromatic nitrogens is 1. The Morgan fingerprint density at radius 1 is 1.12 bits per heavy atom. The van der Waals surface area contributed by atoms with E-state index in [-0.39, 0.29) is 11.8 Å². The number of thiazole rings is 1. The molecule has 42 heavy (non-hydrogen) atoms. The minimum atomic E-state index is 0.117. The highest BCUT2D eigenvalue weighted by Gasteiger charge is 2.76. The van der Waals surface area contributed by atoms with Crippen LogP contribution in [0.3, 0.4) is 0 Å². The zero-order valence-electron chi connectivity index (χ0n) is 25.7. The molecule has 224 valence electrons. The Morgan fingerprint density at radius 2 is 1.88 bits per heavy atom. The van der Waals surface area contributed by atoms with E-state index in [2.05, 4.69) is 34.1 Å². The lowest BCUT2D eigenvalue weighted by atomic mass is 9.67. The number of hydrogen-bond acceptors (Lipinski definition) is 7. The number of nitrogens with zero attached hydrogens (tertiary/aromatic N) is 3. The summed E-state index contributed by atoms with van der Waals surface area (Å²) in [6.07, 6.45) is 3.49. The zero-order valence-corrected chi connectivity index (χ0v) is 26.5. The highest BCUT2D eigenvalue weighted by atomic mass is 32.1. The van der Waals surface area contributed by atoms with Gasteiger partial charge >= 0.3 is 0 Å². The van der Waals surface area contributed by atoms with Gasteiger partial charge in [-0.15, -0.1) is 11.3 Å². The zero-order chi connectivity index (χ0) is 30.0. The molecule has 0 radical (unpaired) electrons. The largest absolute Gasteiger partial charge is 0.488 e. The summed E-state index contributed by atoms with van der Waals surface area (Å²) in [5.74, 6) is 2.31. The highest BCUT2D eigenvalue weighted by Crippen LogP contribution is 2.76. The molecule has 4 fully saturated rings. The third-order valence-corrected chi connectivity index (χ3v) is 10.1. The van der Waals surface area contributed by atoms with Crippen LogP contribution in [-0.2, 0) is 16.1 Å². The molecule has 1 spiro atoms. The van der Waals surface area contributed by atoms with E-state index in [1.54, 1.807) is 25.6 Å². The molecular weight excluding hydrogens is 546 g/mol. The summed E-state index contributed by atoms with van der Waals surface area (Å²) in [6.45, 7) is 12.2. The van der Waals surface area contributed by atoms with Crippen LogP contribution in [0.2, 0.25) is 0 Å². The average molecular weight is 590 g/mol. The lowest BCUT2D eigenvalue weighted by molar-refractivity contribution is -0.117. The van der Waals surface area contributed by atoms with E-state index in [1.807, 2.05) is 49.9 Å². The first-order valence-corrected chi connectivity index (χ1v) is 15.9. The molecule has 7 nitrogen and oxygen atoms in total. The maximum atomic E-state index is 12.6. The average Bonchev–Trinajstić information content (AvgIpc) is 3.23. The first kappa shape index (κ1) is 30.2. The number of carbonyl (C=O) groups excluding carboxylic acids is 2. The Balaban J connectivity index is 0.000000665. The number of methoxy groups -OCH3 is 1. The van der Waals surface area contributed by atoms with E-state index in [0.29, 0.717) is 23.9 Å². The molecule has 7 rings (SSSR count). The number of rotatable bonds is 7. The fourth-order valence-corrected chi connectivity index (χ4v) is 7.62. The van der Waals surface area contributed by atoms with Crippen LogP contribution in [0, 0.1) is 37.0 Å². The molecule has 2 aliphatic carbocycles. The van der Waals surface area contributed by atoms with Gasteiger partial charge in [0, 0.05) is 62.8 Å². The van der Waals surface area contributed by atoms with Crippen LogP contribution in [0.25, 0.3) is 11.3 Å². The summed E-state index contributed by atoms with van der Waals surface area (Å²) in [4.78, 5) is 33.4. The standard InChI is InChI=1S/C30H31N3O3S.C2H6O.C2H6/c1-18-4-7-27(36-15-21-6-5-20(11-19(21)2)28(35)32-8-3-9-32)22(10-18)26-16-37-29(31-26)33-13-25-23(14-34)24-12-30(24,25)17-33;1-3-2;1-2/h4-7,10-11,14,16,23-25H,3,8-9,12-13,15,17H2,1-2H3;1-2H3;1-2H3. The van der Waals surface area contributed by atoms with Crippen molar-refractivity contribution in [3.63, 3.8) is 0 Å². The van der Waals surface area contributed by atoms with Gasteiger partial charge < -0.3 is 24.1 Å². The van der Waals surface area contributed by atoms with E-state index in [1.165, 1.54) is 12.7 Å². The fourth-order valence-electron chi connectivity index (χ4n) is 6.79. The van der Waals surface area contributed by atoms with Gasteiger partial charge in [0.2, 0.25) is 0 Å². The van der Waals surface area contributed by atoms with Crippen LogP contribution >= 0.6 is 11.3 Å². The lowest BCUT2D eigenvalue weighted by Crippen LogP contribution is -2.42. The van der Waals surface area contributed by atoms with Gasteiger partial charge in [-0.2, -0.15) is 0 Å². The summed E-state index contributed by atoms with van der Waals surface area (Å²) in [5.41, 5.74) is 6.37. The van der Waals surface area contributed by atoms with E-state index >= 15 is 0 Å². The number of anilines is 1. The summed E-state index contributed by atoms with van der Waals surface area (Å²) in [7, 11) is 3.25. The van der Waals surface area contributed by atoms with Gasteiger partial charge in [-0.05, 0) is 79.3 Å². The third-order valence-electron chi connectivity index (χ3n) is 9.20. The van der Waals surface area contributed by atoms with Crippen molar-refractivity contribution in [1.29, 1.82) is 0 Å². The number of likely N-dealkylation sites (tertiary alicyclic amines) is 1. The van der Waals surface area contributed by atoms with Crippen LogP contribution in [0.4, 0.5) is 5.13 Å². The molecular formula is C34H43N3O4S. The van der Waals surface area contributed by atoms with E-state index in [9.17, 15) is 9.59 Å². The molecule has 8 heteroatoms. The topological polar surface area (TPSA) is 72.0 Å². The van der Waals surface area contributed by atoms with Crippen molar-refractivity contribution in [2.24, 2.45) is 23.2 Å². The predicted octanol–water partition coefficient (Wildman–Crippen LogP) is 6.41. The van der Waals surface area contributed by atoms with E-state index in [4.69, 9.17) is 9.72 Å². The fraction of sp³-hybridized carbons (Fsp3) is 0.500. The first-order chi connectivity index (χ1) is 20.4. The first-order valence-electron chi connectivity index (χ1n) is 15.1. The molecule has 1 aromatic heterocycles. The Kier molecular flexibility index (Phi) is 9.04. The number of aldehydes is 1. The Morgan fingerprint density at radius 3 is 2.55 bits per heavy atom. The summed E-state index contributed by atoms with van der Waals surface area (Å²) in [5, 5.41) is 3.16. The second-order valence-electron chi connectivity index (χ2n) is 11.7. The molecule has 0 N–H and O–H groups in total. The molecule has 2 saturated heterocycles. The number of aryl methyl sites for hydroxylation is 2. The van der Waals surface area contributed by atoms with Crippen molar-refractivity contribution >= 4 is 28.7 Å². The van der Waals surface area contributed by atoms with Gasteiger partial charge in [0.25, 0.3) is 5.91 Å².